The molecular weight excluding hydrogens is 316 g/mol. The van der Waals surface area contributed by atoms with E-state index < -0.39 is 11.5 Å². The van der Waals surface area contributed by atoms with Gasteiger partial charge in [-0.25, -0.2) is 14.5 Å². The molecule has 0 atom stereocenters. The van der Waals surface area contributed by atoms with Crippen molar-refractivity contribution in [2.75, 3.05) is 11.5 Å². The van der Waals surface area contributed by atoms with Gasteiger partial charge in [-0.3, -0.25) is 4.79 Å². The number of aromatic nitrogens is 3. The standard InChI is InChI=1S/C15H16N4O3S/c20-13(18-15(14(21)22)4-6-23-7-5-15)11-2-1-3-12(8-11)19-10-16-9-17-19/h1-3,8-10H,4-7H2,(H,18,20)(H,21,22). The van der Waals surface area contributed by atoms with Gasteiger partial charge in [-0.1, -0.05) is 6.07 Å². The van der Waals surface area contributed by atoms with Crippen LogP contribution in [0.5, 0.6) is 0 Å². The number of hydrogen-bond acceptors (Lipinski definition) is 5. The first-order valence-electron chi connectivity index (χ1n) is 7.19. The average molecular weight is 332 g/mol. The van der Waals surface area contributed by atoms with Gasteiger partial charge in [0.15, 0.2) is 0 Å². The lowest BCUT2D eigenvalue weighted by atomic mass is 9.92. The van der Waals surface area contributed by atoms with E-state index >= 15 is 0 Å². The highest BCUT2D eigenvalue weighted by atomic mass is 32.2. The number of amides is 1. The van der Waals surface area contributed by atoms with E-state index in [2.05, 4.69) is 15.4 Å². The minimum Gasteiger partial charge on any atom is -0.480 e. The van der Waals surface area contributed by atoms with Gasteiger partial charge in [0.2, 0.25) is 0 Å². The fourth-order valence-electron chi connectivity index (χ4n) is 2.53. The van der Waals surface area contributed by atoms with Crippen LogP contribution in [-0.2, 0) is 4.79 Å². The number of thioether (sulfide) groups is 1. The third kappa shape index (κ3) is 3.21. The van der Waals surface area contributed by atoms with Crippen molar-refractivity contribution >= 4 is 23.6 Å². The highest BCUT2D eigenvalue weighted by Crippen LogP contribution is 2.28. The van der Waals surface area contributed by atoms with E-state index in [4.69, 9.17) is 0 Å². The molecule has 1 amide bonds. The molecule has 1 aromatic carbocycles. The van der Waals surface area contributed by atoms with E-state index in [0.717, 1.165) is 11.5 Å². The number of hydrogen-bond donors (Lipinski definition) is 2. The zero-order valence-electron chi connectivity index (χ0n) is 12.3. The first-order chi connectivity index (χ1) is 11.1. The van der Waals surface area contributed by atoms with Crippen molar-refractivity contribution in [3.8, 4) is 5.69 Å². The third-order valence-corrected chi connectivity index (χ3v) is 4.89. The van der Waals surface area contributed by atoms with Gasteiger partial charge in [0, 0.05) is 5.56 Å². The Hall–Kier alpha value is -2.35. The number of carbonyl (C=O) groups excluding carboxylic acids is 1. The van der Waals surface area contributed by atoms with Gasteiger partial charge < -0.3 is 10.4 Å². The highest BCUT2D eigenvalue weighted by Gasteiger charge is 2.41. The molecule has 23 heavy (non-hydrogen) atoms. The molecule has 7 nitrogen and oxygen atoms in total. The fourth-order valence-corrected chi connectivity index (χ4v) is 3.72. The van der Waals surface area contributed by atoms with Crippen LogP contribution in [0.4, 0.5) is 0 Å². The van der Waals surface area contributed by atoms with Crippen LogP contribution in [0.25, 0.3) is 5.69 Å². The molecule has 0 unspecified atom stereocenters. The van der Waals surface area contributed by atoms with Crippen molar-refractivity contribution in [2.24, 2.45) is 0 Å². The Bertz CT molecular complexity index is 711. The Morgan fingerprint density at radius 1 is 1.30 bits per heavy atom. The summed E-state index contributed by atoms with van der Waals surface area (Å²) in [5.74, 6) is 0.0943. The van der Waals surface area contributed by atoms with Crippen molar-refractivity contribution in [2.45, 2.75) is 18.4 Å². The lowest BCUT2D eigenvalue weighted by Gasteiger charge is -2.33. The molecule has 1 fully saturated rings. The Morgan fingerprint density at radius 2 is 2.09 bits per heavy atom. The number of carbonyl (C=O) groups is 2. The van der Waals surface area contributed by atoms with Crippen LogP contribution < -0.4 is 5.32 Å². The highest BCUT2D eigenvalue weighted by molar-refractivity contribution is 7.99. The minimum atomic E-state index is -1.18. The predicted molar refractivity (Wildman–Crippen MR) is 85.8 cm³/mol. The molecular formula is C15H16N4O3S. The molecule has 0 bridgehead atoms. The number of nitrogens with zero attached hydrogens (tertiary/aromatic N) is 3. The van der Waals surface area contributed by atoms with Gasteiger partial charge in [-0.2, -0.15) is 16.9 Å². The van der Waals surface area contributed by atoms with Crippen LogP contribution in [0.15, 0.2) is 36.9 Å². The molecule has 1 aliphatic rings. The van der Waals surface area contributed by atoms with Crippen LogP contribution in [-0.4, -0.2) is 48.8 Å². The maximum Gasteiger partial charge on any atom is 0.329 e. The van der Waals surface area contributed by atoms with Crippen molar-refractivity contribution in [1.82, 2.24) is 20.1 Å². The fraction of sp³-hybridized carbons (Fsp3) is 0.333. The molecule has 3 rings (SSSR count). The van der Waals surface area contributed by atoms with E-state index in [9.17, 15) is 14.7 Å². The summed E-state index contributed by atoms with van der Waals surface area (Å²) in [5, 5.41) is 16.3. The van der Waals surface area contributed by atoms with Gasteiger partial charge in [0.25, 0.3) is 5.91 Å². The molecule has 1 aliphatic heterocycles. The molecule has 2 heterocycles. The van der Waals surface area contributed by atoms with E-state index in [-0.39, 0.29) is 5.91 Å². The maximum atomic E-state index is 12.5. The number of aliphatic carboxylic acids is 1. The summed E-state index contributed by atoms with van der Waals surface area (Å²) >= 11 is 1.71. The smallest absolute Gasteiger partial charge is 0.329 e. The van der Waals surface area contributed by atoms with E-state index in [1.165, 1.54) is 12.7 Å². The van der Waals surface area contributed by atoms with E-state index in [0.29, 0.717) is 24.1 Å². The summed E-state index contributed by atoms with van der Waals surface area (Å²) in [4.78, 5) is 28.0. The lowest BCUT2D eigenvalue weighted by molar-refractivity contribution is -0.144. The van der Waals surface area contributed by atoms with Crippen LogP contribution >= 0.6 is 11.8 Å². The summed E-state index contributed by atoms with van der Waals surface area (Å²) in [6.45, 7) is 0. The van der Waals surface area contributed by atoms with Crippen molar-refractivity contribution in [1.29, 1.82) is 0 Å². The molecule has 0 spiro atoms. The summed E-state index contributed by atoms with van der Waals surface area (Å²) < 4.78 is 1.54. The normalized spacial score (nSPS) is 16.7. The van der Waals surface area contributed by atoms with E-state index in [1.807, 2.05) is 0 Å². The second-order valence-electron chi connectivity index (χ2n) is 5.34. The lowest BCUT2D eigenvalue weighted by Crippen LogP contribution is -2.56. The third-order valence-electron chi connectivity index (χ3n) is 3.90. The molecule has 1 saturated heterocycles. The first kappa shape index (κ1) is 15.5. The number of nitrogens with one attached hydrogen (secondary N) is 1. The quantitative estimate of drug-likeness (QED) is 0.877. The zero-order valence-corrected chi connectivity index (χ0v) is 13.1. The largest absolute Gasteiger partial charge is 0.480 e. The maximum absolute atomic E-state index is 12.5. The van der Waals surface area contributed by atoms with E-state index in [1.54, 1.807) is 40.7 Å². The Kier molecular flexibility index (Phi) is 4.33. The van der Waals surface area contributed by atoms with Crippen LogP contribution in [0.2, 0.25) is 0 Å². The number of rotatable bonds is 4. The number of benzene rings is 1. The summed E-state index contributed by atoms with van der Waals surface area (Å²) in [6.07, 6.45) is 3.81. The monoisotopic (exact) mass is 332 g/mol. The molecule has 0 aliphatic carbocycles. The van der Waals surface area contributed by atoms with Gasteiger partial charge in [-0.05, 0) is 42.5 Å². The zero-order chi connectivity index (χ0) is 16.3. The molecule has 1 aromatic heterocycles. The van der Waals surface area contributed by atoms with Crippen molar-refractivity contribution in [3.63, 3.8) is 0 Å². The Labute approximate surface area is 137 Å². The van der Waals surface area contributed by atoms with Gasteiger partial charge in [0.1, 0.15) is 18.2 Å². The SMILES string of the molecule is O=C(NC1(C(=O)O)CCSCC1)c1cccc(-n2cncn2)c1. The topological polar surface area (TPSA) is 97.1 Å². The Balaban J connectivity index is 1.83. The first-order valence-corrected chi connectivity index (χ1v) is 8.35. The summed E-state index contributed by atoms with van der Waals surface area (Å²) in [6, 6.07) is 6.85. The van der Waals surface area contributed by atoms with Crippen molar-refractivity contribution < 1.29 is 14.7 Å². The van der Waals surface area contributed by atoms with Gasteiger partial charge >= 0.3 is 5.97 Å². The average Bonchev–Trinajstić information content (AvgIpc) is 3.10. The van der Waals surface area contributed by atoms with Crippen LogP contribution in [0, 0.1) is 0 Å². The molecule has 2 aromatic rings. The number of carboxylic acids is 1. The van der Waals surface area contributed by atoms with Gasteiger partial charge in [0.05, 0.1) is 5.69 Å². The molecule has 2 N–H and O–H groups in total. The van der Waals surface area contributed by atoms with Gasteiger partial charge in [-0.15, -0.1) is 0 Å². The summed E-state index contributed by atoms with van der Waals surface area (Å²) in [5.41, 5.74) is -0.0819. The second kappa shape index (κ2) is 6.41. The minimum absolute atomic E-state index is 0.388. The Morgan fingerprint density at radius 3 is 2.74 bits per heavy atom. The second-order valence-corrected chi connectivity index (χ2v) is 6.57. The van der Waals surface area contributed by atoms with Crippen LogP contribution in [0.1, 0.15) is 23.2 Å². The molecule has 120 valence electrons. The van der Waals surface area contributed by atoms with Crippen LogP contribution in [0.3, 0.4) is 0 Å². The molecule has 0 saturated carbocycles. The van der Waals surface area contributed by atoms with Crippen molar-refractivity contribution in [3.05, 3.63) is 42.5 Å². The molecule has 8 heteroatoms. The summed E-state index contributed by atoms with van der Waals surface area (Å²) in [7, 11) is 0. The molecule has 0 radical (unpaired) electrons. The number of carboxylic acid groups (broad SMARTS) is 1. The predicted octanol–water partition coefficient (Wildman–Crippen LogP) is 1.35.